The molecule has 0 saturated carbocycles. The van der Waals surface area contributed by atoms with E-state index in [9.17, 15) is 4.79 Å². The first-order valence-electron chi connectivity index (χ1n) is 8.56. The number of carbonyl (C=O) groups excluding carboxylic acids is 1. The lowest BCUT2D eigenvalue weighted by Crippen LogP contribution is -2.21. The molecule has 2 atom stereocenters. The second-order valence-corrected chi connectivity index (χ2v) is 5.71. The van der Waals surface area contributed by atoms with Gasteiger partial charge in [-0.15, -0.1) is 0 Å². The van der Waals surface area contributed by atoms with Gasteiger partial charge in [0.05, 0.1) is 13.2 Å². The van der Waals surface area contributed by atoms with Gasteiger partial charge in [-0.3, -0.25) is 9.48 Å². The summed E-state index contributed by atoms with van der Waals surface area (Å²) in [6, 6.07) is 9.28. The van der Waals surface area contributed by atoms with E-state index in [0.29, 0.717) is 26.1 Å². The Morgan fingerprint density at radius 1 is 1.28 bits per heavy atom. The molecule has 6 nitrogen and oxygen atoms in total. The molecule has 6 heteroatoms. The van der Waals surface area contributed by atoms with Crippen molar-refractivity contribution in [2.75, 3.05) is 20.3 Å². The van der Waals surface area contributed by atoms with Crippen molar-refractivity contribution in [2.45, 2.75) is 38.8 Å². The van der Waals surface area contributed by atoms with Gasteiger partial charge in [-0.2, -0.15) is 5.10 Å². The Balaban J connectivity index is 2.09. The van der Waals surface area contributed by atoms with Gasteiger partial charge in [-0.1, -0.05) is 12.1 Å². The summed E-state index contributed by atoms with van der Waals surface area (Å²) in [7, 11) is 1.62. The van der Waals surface area contributed by atoms with Crippen LogP contribution in [0.2, 0.25) is 0 Å². The average Bonchev–Trinajstić information content (AvgIpc) is 3.18. The Morgan fingerprint density at radius 3 is 2.64 bits per heavy atom. The molecule has 0 amide bonds. The maximum Gasteiger partial charge on any atom is 0.306 e. The van der Waals surface area contributed by atoms with Crippen molar-refractivity contribution in [3.05, 3.63) is 48.3 Å². The standard InChI is InChI=1S/C19H26N2O4/c1-4-24-14-5-7-18(22)25-19(15(2)21-13-6-12-20-21)16-8-10-17(23-3)11-9-16/h6,8-13,15,19H,4-5,7,14H2,1-3H3. The molecule has 2 rings (SSSR count). The highest BCUT2D eigenvalue weighted by Crippen LogP contribution is 2.31. The highest BCUT2D eigenvalue weighted by Gasteiger charge is 2.25. The number of aromatic nitrogens is 2. The van der Waals surface area contributed by atoms with Crippen molar-refractivity contribution in [1.82, 2.24) is 9.78 Å². The van der Waals surface area contributed by atoms with Gasteiger partial charge in [0.1, 0.15) is 11.9 Å². The van der Waals surface area contributed by atoms with E-state index in [4.69, 9.17) is 14.2 Å². The van der Waals surface area contributed by atoms with Crippen LogP contribution >= 0.6 is 0 Å². The molecular weight excluding hydrogens is 320 g/mol. The maximum absolute atomic E-state index is 12.3. The van der Waals surface area contributed by atoms with E-state index in [1.165, 1.54) is 0 Å². The predicted molar refractivity (Wildman–Crippen MR) is 94.5 cm³/mol. The monoisotopic (exact) mass is 346 g/mol. The van der Waals surface area contributed by atoms with Crippen LogP contribution in [-0.4, -0.2) is 36.1 Å². The molecule has 1 aromatic carbocycles. The van der Waals surface area contributed by atoms with Crippen LogP contribution in [0.5, 0.6) is 5.75 Å². The van der Waals surface area contributed by atoms with Gasteiger partial charge in [-0.25, -0.2) is 0 Å². The van der Waals surface area contributed by atoms with Crippen LogP contribution in [0.3, 0.4) is 0 Å². The summed E-state index contributed by atoms with van der Waals surface area (Å²) in [5, 5.41) is 4.27. The minimum atomic E-state index is -0.426. The number of nitrogens with zero attached hydrogens (tertiary/aromatic N) is 2. The van der Waals surface area contributed by atoms with E-state index in [1.54, 1.807) is 18.0 Å². The van der Waals surface area contributed by atoms with Crippen molar-refractivity contribution in [3.8, 4) is 5.75 Å². The number of ether oxygens (including phenoxy) is 3. The van der Waals surface area contributed by atoms with Crippen molar-refractivity contribution in [1.29, 1.82) is 0 Å². The second kappa shape index (κ2) is 9.84. The van der Waals surface area contributed by atoms with Gasteiger partial charge in [0.25, 0.3) is 0 Å². The van der Waals surface area contributed by atoms with Crippen LogP contribution in [0.1, 0.15) is 44.4 Å². The highest BCUT2D eigenvalue weighted by atomic mass is 16.5. The van der Waals surface area contributed by atoms with Crippen molar-refractivity contribution in [2.24, 2.45) is 0 Å². The summed E-state index contributed by atoms with van der Waals surface area (Å²) < 4.78 is 18.0. The average molecular weight is 346 g/mol. The molecule has 136 valence electrons. The van der Waals surface area contributed by atoms with Crippen LogP contribution in [0, 0.1) is 0 Å². The maximum atomic E-state index is 12.3. The van der Waals surface area contributed by atoms with Gasteiger partial charge < -0.3 is 14.2 Å². The Kier molecular flexibility index (Phi) is 7.47. The zero-order chi connectivity index (χ0) is 18.1. The number of hydrogen-bond acceptors (Lipinski definition) is 5. The number of esters is 1. The minimum absolute atomic E-state index is 0.126. The number of hydrogen-bond donors (Lipinski definition) is 0. The molecule has 0 fully saturated rings. The Labute approximate surface area is 148 Å². The van der Waals surface area contributed by atoms with Gasteiger partial charge in [0.15, 0.2) is 0 Å². The molecule has 0 aliphatic rings. The van der Waals surface area contributed by atoms with E-state index in [2.05, 4.69) is 5.10 Å². The first kappa shape index (κ1) is 19.0. The summed E-state index contributed by atoms with van der Waals surface area (Å²) in [5.41, 5.74) is 0.905. The SMILES string of the molecule is CCOCCCC(=O)OC(c1ccc(OC)cc1)C(C)n1cccn1. The lowest BCUT2D eigenvalue weighted by atomic mass is 10.0. The largest absolute Gasteiger partial charge is 0.497 e. The van der Waals surface area contributed by atoms with Crippen molar-refractivity contribution < 1.29 is 19.0 Å². The van der Waals surface area contributed by atoms with E-state index in [0.717, 1.165) is 11.3 Å². The third-order valence-electron chi connectivity index (χ3n) is 3.96. The zero-order valence-corrected chi connectivity index (χ0v) is 15.1. The van der Waals surface area contributed by atoms with Crippen molar-refractivity contribution in [3.63, 3.8) is 0 Å². The van der Waals surface area contributed by atoms with E-state index < -0.39 is 6.10 Å². The van der Waals surface area contributed by atoms with Gasteiger partial charge in [0.2, 0.25) is 0 Å². The molecule has 25 heavy (non-hydrogen) atoms. The number of carbonyl (C=O) groups is 1. The minimum Gasteiger partial charge on any atom is -0.497 e. The van der Waals surface area contributed by atoms with Gasteiger partial charge in [-0.05, 0) is 44.0 Å². The summed E-state index contributed by atoms with van der Waals surface area (Å²) in [5.74, 6) is 0.525. The summed E-state index contributed by atoms with van der Waals surface area (Å²) >= 11 is 0. The fraction of sp³-hybridized carbons (Fsp3) is 0.474. The quantitative estimate of drug-likeness (QED) is 0.486. The van der Waals surface area contributed by atoms with Crippen LogP contribution in [0.25, 0.3) is 0 Å². The molecule has 0 bridgehead atoms. The number of rotatable bonds is 10. The third kappa shape index (κ3) is 5.60. The number of benzene rings is 1. The van der Waals surface area contributed by atoms with Crippen molar-refractivity contribution >= 4 is 5.97 Å². The first-order chi connectivity index (χ1) is 12.2. The Bertz CT molecular complexity index is 625. The fourth-order valence-corrected chi connectivity index (χ4v) is 2.56. The smallest absolute Gasteiger partial charge is 0.306 e. The molecule has 2 aromatic rings. The molecule has 1 heterocycles. The van der Waals surface area contributed by atoms with Crippen LogP contribution < -0.4 is 4.74 Å². The van der Waals surface area contributed by atoms with E-state index in [1.807, 2.05) is 50.4 Å². The molecule has 0 spiro atoms. The fourth-order valence-electron chi connectivity index (χ4n) is 2.56. The summed E-state index contributed by atoms with van der Waals surface area (Å²) in [6.45, 7) is 5.13. The molecule has 0 aliphatic carbocycles. The van der Waals surface area contributed by atoms with Crippen LogP contribution in [0.15, 0.2) is 42.7 Å². The predicted octanol–water partition coefficient (Wildman–Crippen LogP) is 3.55. The normalized spacial score (nSPS) is 13.2. The highest BCUT2D eigenvalue weighted by molar-refractivity contribution is 5.69. The first-order valence-corrected chi connectivity index (χ1v) is 8.56. The van der Waals surface area contributed by atoms with Gasteiger partial charge >= 0.3 is 5.97 Å². The molecule has 1 aromatic heterocycles. The molecule has 2 unspecified atom stereocenters. The topological polar surface area (TPSA) is 62.6 Å². The third-order valence-corrected chi connectivity index (χ3v) is 3.96. The lowest BCUT2D eigenvalue weighted by Gasteiger charge is -2.25. The summed E-state index contributed by atoms with van der Waals surface area (Å²) in [6.07, 6.45) is 4.14. The number of methoxy groups -OCH3 is 1. The van der Waals surface area contributed by atoms with Gasteiger partial charge in [0, 0.05) is 32.0 Å². The Hall–Kier alpha value is -2.34. The molecular formula is C19H26N2O4. The molecule has 0 saturated heterocycles. The molecule has 0 radical (unpaired) electrons. The Morgan fingerprint density at radius 2 is 2.04 bits per heavy atom. The molecule has 0 N–H and O–H groups in total. The van der Waals surface area contributed by atoms with Crippen LogP contribution in [0.4, 0.5) is 0 Å². The zero-order valence-electron chi connectivity index (χ0n) is 15.1. The molecule has 0 aliphatic heterocycles. The second-order valence-electron chi connectivity index (χ2n) is 5.71. The van der Waals surface area contributed by atoms with E-state index in [-0.39, 0.29) is 12.0 Å². The van der Waals surface area contributed by atoms with E-state index >= 15 is 0 Å². The van der Waals surface area contributed by atoms with Crippen LogP contribution in [-0.2, 0) is 14.3 Å². The lowest BCUT2D eigenvalue weighted by molar-refractivity contribution is -0.152. The summed E-state index contributed by atoms with van der Waals surface area (Å²) in [4.78, 5) is 12.3.